The van der Waals surface area contributed by atoms with Crippen molar-refractivity contribution in [3.05, 3.63) is 34.3 Å². The van der Waals surface area contributed by atoms with Gasteiger partial charge in [0.2, 0.25) is 0 Å². The van der Waals surface area contributed by atoms with Gasteiger partial charge < -0.3 is 10.2 Å². The first kappa shape index (κ1) is 14.5. The van der Waals surface area contributed by atoms with Crippen LogP contribution in [0.25, 0.3) is 0 Å². The standard InChI is InChI=1S/C14H21ClO2/c1-9-5-6-10(11(15)7-9)8-12(16)13(17)14(2,3)4/h5-7,12-13,16-17H,8H2,1-4H3. The Morgan fingerprint density at radius 1 is 1.24 bits per heavy atom. The van der Waals surface area contributed by atoms with Crippen molar-refractivity contribution >= 4 is 11.6 Å². The molecule has 2 atom stereocenters. The number of aliphatic hydroxyl groups is 2. The Bertz CT molecular complexity index is 382. The summed E-state index contributed by atoms with van der Waals surface area (Å²) in [7, 11) is 0. The van der Waals surface area contributed by atoms with Gasteiger partial charge in [-0.05, 0) is 29.5 Å². The van der Waals surface area contributed by atoms with Crippen LogP contribution in [0.4, 0.5) is 0 Å². The highest BCUT2D eigenvalue weighted by atomic mass is 35.5. The van der Waals surface area contributed by atoms with Gasteiger partial charge in [-0.1, -0.05) is 44.5 Å². The molecule has 0 saturated carbocycles. The molecule has 1 rings (SSSR count). The zero-order valence-electron chi connectivity index (χ0n) is 10.9. The Kier molecular flexibility index (Phi) is 4.59. The monoisotopic (exact) mass is 256 g/mol. The van der Waals surface area contributed by atoms with Gasteiger partial charge in [0.05, 0.1) is 12.2 Å². The lowest BCUT2D eigenvalue weighted by Gasteiger charge is -2.30. The lowest BCUT2D eigenvalue weighted by atomic mass is 9.84. The second-order valence-corrected chi connectivity index (χ2v) is 6.08. The average Bonchev–Trinajstić information content (AvgIpc) is 2.19. The molecule has 0 aliphatic carbocycles. The van der Waals surface area contributed by atoms with Gasteiger partial charge in [-0.2, -0.15) is 0 Å². The predicted molar refractivity (Wildman–Crippen MR) is 71.4 cm³/mol. The Labute approximate surface area is 108 Å². The van der Waals surface area contributed by atoms with Crippen molar-refractivity contribution in [2.45, 2.75) is 46.3 Å². The molecule has 96 valence electrons. The highest BCUT2D eigenvalue weighted by Gasteiger charge is 2.29. The van der Waals surface area contributed by atoms with Crippen LogP contribution in [0.5, 0.6) is 0 Å². The molecule has 0 fully saturated rings. The maximum Gasteiger partial charge on any atom is 0.0850 e. The molecule has 17 heavy (non-hydrogen) atoms. The Balaban J connectivity index is 2.78. The van der Waals surface area contributed by atoms with Crippen molar-refractivity contribution in [1.29, 1.82) is 0 Å². The SMILES string of the molecule is Cc1ccc(CC(O)C(O)C(C)(C)C)c(Cl)c1. The summed E-state index contributed by atoms with van der Waals surface area (Å²) in [5.41, 5.74) is 1.62. The second-order valence-electron chi connectivity index (χ2n) is 5.68. The van der Waals surface area contributed by atoms with Gasteiger partial charge in [0.15, 0.2) is 0 Å². The molecular formula is C14H21ClO2. The molecule has 0 heterocycles. The number of aryl methyl sites for hydroxylation is 1. The molecule has 2 nitrogen and oxygen atoms in total. The molecule has 0 spiro atoms. The minimum atomic E-state index is -0.796. The molecule has 0 amide bonds. The summed E-state index contributed by atoms with van der Waals surface area (Å²) >= 11 is 6.10. The Morgan fingerprint density at radius 3 is 2.29 bits per heavy atom. The van der Waals surface area contributed by atoms with E-state index in [0.29, 0.717) is 11.4 Å². The lowest BCUT2D eigenvalue weighted by molar-refractivity contribution is -0.0433. The van der Waals surface area contributed by atoms with Crippen molar-refractivity contribution in [3.8, 4) is 0 Å². The number of rotatable bonds is 3. The third-order valence-electron chi connectivity index (χ3n) is 2.89. The number of benzene rings is 1. The van der Waals surface area contributed by atoms with Crippen molar-refractivity contribution in [2.24, 2.45) is 5.41 Å². The van der Waals surface area contributed by atoms with Crippen LogP contribution in [-0.2, 0) is 6.42 Å². The van der Waals surface area contributed by atoms with Crippen LogP contribution in [0.1, 0.15) is 31.9 Å². The van der Waals surface area contributed by atoms with Gasteiger partial charge in [-0.15, -0.1) is 0 Å². The summed E-state index contributed by atoms with van der Waals surface area (Å²) in [4.78, 5) is 0. The summed E-state index contributed by atoms with van der Waals surface area (Å²) in [6.07, 6.45) is -1.19. The first-order valence-electron chi connectivity index (χ1n) is 5.83. The highest BCUT2D eigenvalue weighted by molar-refractivity contribution is 6.31. The molecule has 2 unspecified atom stereocenters. The zero-order valence-corrected chi connectivity index (χ0v) is 11.6. The van der Waals surface area contributed by atoms with Crippen LogP contribution in [0.2, 0.25) is 5.02 Å². The van der Waals surface area contributed by atoms with E-state index in [1.165, 1.54) is 0 Å². The van der Waals surface area contributed by atoms with Crippen molar-refractivity contribution in [1.82, 2.24) is 0 Å². The summed E-state index contributed by atoms with van der Waals surface area (Å²) in [5.74, 6) is 0. The predicted octanol–water partition coefficient (Wildman–Crippen LogP) is 2.96. The van der Waals surface area contributed by atoms with E-state index in [1.807, 2.05) is 45.9 Å². The van der Waals surface area contributed by atoms with Crippen molar-refractivity contribution in [3.63, 3.8) is 0 Å². The molecule has 0 saturated heterocycles. The number of hydrogen-bond acceptors (Lipinski definition) is 2. The van der Waals surface area contributed by atoms with Gasteiger partial charge in [-0.25, -0.2) is 0 Å². The molecule has 0 radical (unpaired) electrons. The van der Waals surface area contributed by atoms with Crippen LogP contribution in [0, 0.1) is 12.3 Å². The van der Waals surface area contributed by atoms with E-state index in [-0.39, 0.29) is 5.41 Å². The minimum absolute atomic E-state index is 0.337. The van der Waals surface area contributed by atoms with E-state index in [1.54, 1.807) is 0 Å². The number of halogens is 1. The van der Waals surface area contributed by atoms with Crippen LogP contribution in [-0.4, -0.2) is 22.4 Å². The summed E-state index contributed by atoms with van der Waals surface area (Å²) < 4.78 is 0. The van der Waals surface area contributed by atoms with Crippen molar-refractivity contribution in [2.75, 3.05) is 0 Å². The Hall–Kier alpha value is -0.570. The number of aliphatic hydroxyl groups excluding tert-OH is 2. The van der Waals surface area contributed by atoms with E-state index in [0.717, 1.165) is 11.1 Å². The summed E-state index contributed by atoms with van der Waals surface area (Å²) in [6.45, 7) is 7.67. The van der Waals surface area contributed by atoms with Gasteiger partial charge in [0.25, 0.3) is 0 Å². The fourth-order valence-electron chi connectivity index (χ4n) is 1.73. The third-order valence-corrected chi connectivity index (χ3v) is 3.24. The molecule has 0 bridgehead atoms. The van der Waals surface area contributed by atoms with Crippen molar-refractivity contribution < 1.29 is 10.2 Å². The topological polar surface area (TPSA) is 40.5 Å². The van der Waals surface area contributed by atoms with Gasteiger partial charge in [0.1, 0.15) is 0 Å². The number of hydrogen-bond donors (Lipinski definition) is 2. The molecule has 0 aromatic heterocycles. The minimum Gasteiger partial charge on any atom is -0.390 e. The van der Waals surface area contributed by atoms with Crippen LogP contribution >= 0.6 is 11.6 Å². The zero-order chi connectivity index (χ0) is 13.2. The molecular weight excluding hydrogens is 236 g/mol. The summed E-state index contributed by atoms with van der Waals surface area (Å²) in [6, 6.07) is 5.72. The lowest BCUT2D eigenvalue weighted by Crippen LogP contribution is -2.38. The van der Waals surface area contributed by atoms with E-state index >= 15 is 0 Å². The maximum atomic E-state index is 9.99. The van der Waals surface area contributed by atoms with Crippen LogP contribution in [0.3, 0.4) is 0 Å². The maximum absolute atomic E-state index is 9.99. The average molecular weight is 257 g/mol. The van der Waals surface area contributed by atoms with Crippen LogP contribution < -0.4 is 0 Å². The molecule has 1 aromatic carbocycles. The fourth-order valence-corrected chi connectivity index (χ4v) is 2.04. The van der Waals surface area contributed by atoms with Gasteiger partial charge >= 0.3 is 0 Å². The highest BCUT2D eigenvalue weighted by Crippen LogP contribution is 2.25. The normalized spacial score (nSPS) is 15.7. The van der Waals surface area contributed by atoms with Crippen LogP contribution in [0.15, 0.2) is 18.2 Å². The largest absolute Gasteiger partial charge is 0.390 e. The smallest absolute Gasteiger partial charge is 0.0850 e. The molecule has 2 N–H and O–H groups in total. The Morgan fingerprint density at radius 2 is 1.82 bits per heavy atom. The molecule has 3 heteroatoms. The first-order valence-corrected chi connectivity index (χ1v) is 6.21. The molecule has 1 aromatic rings. The fraction of sp³-hybridized carbons (Fsp3) is 0.571. The summed E-state index contributed by atoms with van der Waals surface area (Å²) in [5, 5.41) is 20.6. The van der Waals surface area contributed by atoms with E-state index in [2.05, 4.69) is 0 Å². The van der Waals surface area contributed by atoms with E-state index in [9.17, 15) is 10.2 Å². The van der Waals surface area contributed by atoms with E-state index < -0.39 is 12.2 Å². The third kappa shape index (κ3) is 3.98. The molecule has 0 aliphatic heterocycles. The molecule has 0 aliphatic rings. The first-order chi connectivity index (χ1) is 7.71. The second kappa shape index (κ2) is 5.38. The van der Waals surface area contributed by atoms with Gasteiger partial charge in [-0.3, -0.25) is 0 Å². The van der Waals surface area contributed by atoms with E-state index in [4.69, 9.17) is 11.6 Å². The van der Waals surface area contributed by atoms with Gasteiger partial charge in [0, 0.05) is 11.4 Å². The quantitative estimate of drug-likeness (QED) is 0.873.